The van der Waals surface area contributed by atoms with E-state index in [-0.39, 0.29) is 10.8 Å². The van der Waals surface area contributed by atoms with Crippen LogP contribution in [0.2, 0.25) is 0 Å². The van der Waals surface area contributed by atoms with Gasteiger partial charge in [-0.25, -0.2) is 13.4 Å². The molecule has 0 saturated heterocycles. The summed E-state index contributed by atoms with van der Waals surface area (Å²) < 4.78 is 27.1. The Kier molecular flexibility index (Phi) is 4.91. The maximum atomic E-state index is 12.9. The van der Waals surface area contributed by atoms with Gasteiger partial charge in [0.15, 0.2) is 0 Å². The molecule has 1 heterocycles. The zero-order valence-corrected chi connectivity index (χ0v) is 16.8. The molecule has 1 N–H and O–H groups in total. The Bertz CT molecular complexity index is 1110. The fourth-order valence-electron chi connectivity index (χ4n) is 2.77. The van der Waals surface area contributed by atoms with Crippen molar-refractivity contribution in [1.82, 2.24) is 4.98 Å². The fraction of sp³-hybridized carbons (Fsp3) is 0.200. The number of nitrogens with zero attached hydrogens (tertiary/aromatic N) is 2. The second-order valence-electron chi connectivity index (χ2n) is 6.63. The van der Waals surface area contributed by atoms with E-state index in [2.05, 4.69) is 10.3 Å². The standard InChI is InChI=1S/C20H19N3O3S2/c1-23(16-7-3-2-4-8-16)28(25,26)17-9-5-6-15(12-17)22-19(24)18-13-21-20(27-18)14-10-11-14/h2-9,12-14H,10-11H2,1H3,(H,22,24). The summed E-state index contributed by atoms with van der Waals surface area (Å²) in [4.78, 5) is 17.4. The number of amides is 1. The molecule has 1 fully saturated rings. The Hall–Kier alpha value is -2.71. The smallest absolute Gasteiger partial charge is 0.267 e. The average molecular weight is 414 g/mol. The monoisotopic (exact) mass is 413 g/mol. The van der Waals surface area contributed by atoms with Gasteiger partial charge in [0.2, 0.25) is 0 Å². The van der Waals surface area contributed by atoms with E-state index >= 15 is 0 Å². The Morgan fingerprint density at radius 2 is 1.89 bits per heavy atom. The average Bonchev–Trinajstić information content (AvgIpc) is 3.44. The predicted molar refractivity (Wildman–Crippen MR) is 111 cm³/mol. The van der Waals surface area contributed by atoms with Crippen molar-refractivity contribution in [1.29, 1.82) is 0 Å². The highest BCUT2D eigenvalue weighted by molar-refractivity contribution is 7.92. The highest BCUT2D eigenvalue weighted by Crippen LogP contribution is 2.41. The normalized spacial score (nSPS) is 13.9. The molecule has 0 unspecified atom stereocenters. The summed E-state index contributed by atoms with van der Waals surface area (Å²) in [6.45, 7) is 0. The molecule has 1 aliphatic rings. The number of aromatic nitrogens is 1. The number of hydrogen-bond acceptors (Lipinski definition) is 5. The van der Waals surface area contributed by atoms with Crippen LogP contribution in [0.1, 0.15) is 33.4 Å². The van der Waals surface area contributed by atoms with Crippen LogP contribution in [0.3, 0.4) is 0 Å². The van der Waals surface area contributed by atoms with Crippen LogP contribution in [0.15, 0.2) is 65.7 Å². The first-order valence-corrected chi connectivity index (χ1v) is 11.1. The third kappa shape index (κ3) is 3.79. The van der Waals surface area contributed by atoms with E-state index in [1.165, 1.54) is 34.8 Å². The van der Waals surface area contributed by atoms with Crippen molar-refractivity contribution in [2.75, 3.05) is 16.7 Å². The summed E-state index contributed by atoms with van der Waals surface area (Å²) in [5.41, 5.74) is 0.989. The van der Waals surface area contributed by atoms with Gasteiger partial charge in [0.25, 0.3) is 15.9 Å². The zero-order valence-electron chi connectivity index (χ0n) is 15.2. The van der Waals surface area contributed by atoms with Crippen molar-refractivity contribution in [2.45, 2.75) is 23.7 Å². The number of nitrogens with one attached hydrogen (secondary N) is 1. The van der Waals surface area contributed by atoms with Crippen LogP contribution in [0.4, 0.5) is 11.4 Å². The second kappa shape index (κ2) is 7.37. The van der Waals surface area contributed by atoms with E-state index in [4.69, 9.17) is 0 Å². The van der Waals surface area contributed by atoms with Gasteiger partial charge in [-0.1, -0.05) is 24.3 Å². The first-order chi connectivity index (χ1) is 13.4. The number of para-hydroxylation sites is 1. The molecule has 0 bridgehead atoms. The lowest BCUT2D eigenvalue weighted by atomic mass is 10.3. The summed E-state index contributed by atoms with van der Waals surface area (Å²) >= 11 is 1.39. The van der Waals surface area contributed by atoms with E-state index in [1.54, 1.807) is 42.6 Å². The minimum absolute atomic E-state index is 0.111. The molecule has 0 atom stereocenters. The first-order valence-electron chi connectivity index (χ1n) is 8.86. The van der Waals surface area contributed by atoms with E-state index in [9.17, 15) is 13.2 Å². The minimum Gasteiger partial charge on any atom is -0.321 e. The predicted octanol–water partition coefficient (Wildman–Crippen LogP) is 4.10. The molecule has 6 nitrogen and oxygen atoms in total. The highest BCUT2D eigenvalue weighted by atomic mass is 32.2. The Morgan fingerprint density at radius 1 is 1.14 bits per heavy atom. The number of sulfonamides is 1. The maximum absolute atomic E-state index is 12.9. The number of thiazole rings is 1. The van der Waals surface area contributed by atoms with Crippen LogP contribution in [0.25, 0.3) is 0 Å². The number of benzene rings is 2. The maximum Gasteiger partial charge on any atom is 0.267 e. The molecular weight excluding hydrogens is 394 g/mol. The van der Waals surface area contributed by atoms with Gasteiger partial charge in [-0.2, -0.15) is 0 Å². The summed E-state index contributed by atoms with van der Waals surface area (Å²) in [5, 5.41) is 3.76. The van der Waals surface area contributed by atoms with Crippen molar-refractivity contribution in [3.8, 4) is 0 Å². The van der Waals surface area contributed by atoms with Crippen LogP contribution < -0.4 is 9.62 Å². The Morgan fingerprint density at radius 3 is 2.61 bits per heavy atom. The van der Waals surface area contributed by atoms with E-state index in [0.29, 0.717) is 22.2 Å². The number of anilines is 2. The van der Waals surface area contributed by atoms with Crippen molar-refractivity contribution >= 4 is 38.6 Å². The summed E-state index contributed by atoms with van der Waals surface area (Å²) in [6, 6.07) is 15.1. The van der Waals surface area contributed by atoms with Gasteiger partial charge in [-0.05, 0) is 43.2 Å². The summed E-state index contributed by atoms with van der Waals surface area (Å²) in [5.74, 6) is 0.212. The third-order valence-electron chi connectivity index (χ3n) is 4.54. The molecule has 1 aromatic heterocycles. The molecule has 4 rings (SSSR count). The van der Waals surface area contributed by atoms with E-state index < -0.39 is 10.0 Å². The molecule has 1 amide bonds. The largest absolute Gasteiger partial charge is 0.321 e. The van der Waals surface area contributed by atoms with Gasteiger partial charge in [-0.3, -0.25) is 9.10 Å². The van der Waals surface area contributed by atoms with Gasteiger partial charge in [0.1, 0.15) is 4.88 Å². The zero-order chi connectivity index (χ0) is 19.7. The fourth-order valence-corrected chi connectivity index (χ4v) is 5.00. The minimum atomic E-state index is -3.74. The second-order valence-corrected chi connectivity index (χ2v) is 9.66. The molecule has 1 saturated carbocycles. The number of rotatable bonds is 6. The molecule has 144 valence electrons. The van der Waals surface area contributed by atoms with E-state index in [0.717, 1.165) is 17.8 Å². The van der Waals surface area contributed by atoms with Crippen molar-refractivity contribution in [3.05, 3.63) is 70.7 Å². The number of carbonyl (C=O) groups is 1. The van der Waals surface area contributed by atoms with Gasteiger partial charge in [0.05, 0.1) is 21.8 Å². The van der Waals surface area contributed by atoms with Crippen molar-refractivity contribution in [3.63, 3.8) is 0 Å². The molecule has 2 aromatic carbocycles. The summed E-state index contributed by atoms with van der Waals surface area (Å²) in [6.07, 6.45) is 3.84. The Labute approximate surface area is 167 Å². The van der Waals surface area contributed by atoms with Crippen LogP contribution in [-0.2, 0) is 10.0 Å². The van der Waals surface area contributed by atoms with Crippen LogP contribution in [0, 0.1) is 0 Å². The molecule has 1 aliphatic carbocycles. The molecule has 0 spiro atoms. The van der Waals surface area contributed by atoms with Gasteiger partial charge < -0.3 is 5.32 Å². The Balaban J connectivity index is 1.54. The molecule has 0 radical (unpaired) electrons. The molecular formula is C20H19N3O3S2. The van der Waals surface area contributed by atoms with Crippen molar-refractivity contribution < 1.29 is 13.2 Å². The first kappa shape index (κ1) is 18.6. The lowest BCUT2D eigenvalue weighted by Gasteiger charge is -2.19. The molecule has 3 aromatic rings. The van der Waals surface area contributed by atoms with Gasteiger partial charge in [-0.15, -0.1) is 11.3 Å². The topological polar surface area (TPSA) is 79.4 Å². The quantitative estimate of drug-likeness (QED) is 0.660. The lowest BCUT2D eigenvalue weighted by Crippen LogP contribution is -2.26. The van der Waals surface area contributed by atoms with Crippen LogP contribution >= 0.6 is 11.3 Å². The molecule has 8 heteroatoms. The van der Waals surface area contributed by atoms with Gasteiger partial charge in [0, 0.05) is 18.7 Å². The highest BCUT2D eigenvalue weighted by Gasteiger charge is 2.27. The number of carbonyl (C=O) groups excluding carboxylic acids is 1. The van der Waals surface area contributed by atoms with Gasteiger partial charge >= 0.3 is 0 Å². The molecule has 0 aliphatic heterocycles. The third-order valence-corrected chi connectivity index (χ3v) is 7.48. The summed E-state index contributed by atoms with van der Waals surface area (Å²) in [7, 11) is -2.23. The molecule has 28 heavy (non-hydrogen) atoms. The van der Waals surface area contributed by atoms with Crippen molar-refractivity contribution in [2.24, 2.45) is 0 Å². The SMILES string of the molecule is CN(c1ccccc1)S(=O)(=O)c1cccc(NC(=O)c2cnc(C3CC3)s2)c1. The lowest BCUT2D eigenvalue weighted by molar-refractivity contribution is 0.103. The van der Waals surface area contributed by atoms with E-state index in [1.807, 2.05) is 6.07 Å². The number of hydrogen-bond donors (Lipinski definition) is 1. The van der Waals surface area contributed by atoms with Crippen LogP contribution in [0.5, 0.6) is 0 Å². The van der Waals surface area contributed by atoms with Crippen LogP contribution in [-0.4, -0.2) is 26.4 Å².